The van der Waals surface area contributed by atoms with Gasteiger partial charge in [-0.05, 0) is 38.1 Å². The van der Waals surface area contributed by atoms with Crippen LogP contribution in [0.4, 0.5) is 0 Å². The van der Waals surface area contributed by atoms with Crippen molar-refractivity contribution in [1.82, 2.24) is 29.3 Å². The van der Waals surface area contributed by atoms with E-state index in [-0.39, 0.29) is 6.04 Å². The Morgan fingerprint density at radius 2 is 2.12 bits per heavy atom. The first-order valence-electron chi connectivity index (χ1n) is 8.64. The van der Waals surface area contributed by atoms with Gasteiger partial charge in [-0.2, -0.15) is 5.10 Å². The molecule has 0 unspecified atom stereocenters. The van der Waals surface area contributed by atoms with Gasteiger partial charge < -0.3 is 9.30 Å². The fourth-order valence-electron chi connectivity index (χ4n) is 3.04. The molecule has 3 aromatic heterocycles. The summed E-state index contributed by atoms with van der Waals surface area (Å²) in [6.07, 6.45) is 7.04. The molecule has 0 aliphatic carbocycles. The van der Waals surface area contributed by atoms with Crippen molar-refractivity contribution in [3.63, 3.8) is 0 Å². The average Bonchev–Trinajstić information content (AvgIpc) is 3.33. The summed E-state index contributed by atoms with van der Waals surface area (Å²) in [6.45, 7) is 5.47. The van der Waals surface area contributed by atoms with E-state index in [1.807, 2.05) is 42.1 Å². The first kappa shape index (κ1) is 16.3. The first-order valence-corrected chi connectivity index (χ1v) is 8.64. The van der Waals surface area contributed by atoms with E-state index in [4.69, 9.17) is 9.72 Å². The number of rotatable bonds is 6. The van der Waals surface area contributed by atoms with Crippen LogP contribution in [0.1, 0.15) is 19.9 Å². The van der Waals surface area contributed by atoms with Crippen molar-refractivity contribution < 1.29 is 4.74 Å². The molecule has 0 radical (unpaired) electrons. The molecule has 0 N–H and O–H groups in total. The molecular weight excluding hydrogens is 328 g/mol. The summed E-state index contributed by atoms with van der Waals surface area (Å²) < 4.78 is 9.49. The molecule has 0 amide bonds. The number of aromatic nitrogens is 6. The lowest BCUT2D eigenvalue weighted by Gasteiger charge is -2.16. The molecular formula is C19H20N6O. The highest BCUT2D eigenvalue weighted by Gasteiger charge is 2.14. The Labute approximate surface area is 151 Å². The normalized spacial score (nSPS) is 12.4. The van der Waals surface area contributed by atoms with E-state index < -0.39 is 0 Å². The third-order valence-corrected chi connectivity index (χ3v) is 4.26. The van der Waals surface area contributed by atoms with Gasteiger partial charge in [0.25, 0.3) is 0 Å². The zero-order chi connectivity index (χ0) is 17.9. The smallest absolute Gasteiger partial charge is 0.158 e. The second-order valence-corrected chi connectivity index (χ2v) is 6.11. The van der Waals surface area contributed by atoms with Crippen LogP contribution in [0.25, 0.3) is 22.4 Å². The van der Waals surface area contributed by atoms with Crippen LogP contribution in [0.2, 0.25) is 0 Å². The van der Waals surface area contributed by atoms with Gasteiger partial charge in [-0.15, -0.1) is 0 Å². The maximum atomic E-state index is 5.56. The van der Waals surface area contributed by atoms with Crippen LogP contribution >= 0.6 is 0 Å². The van der Waals surface area contributed by atoms with Crippen LogP contribution in [-0.2, 0) is 6.54 Å². The lowest BCUT2D eigenvalue weighted by Crippen LogP contribution is -2.14. The Hall–Kier alpha value is -3.22. The van der Waals surface area contributed by atoms with E-state index in [9.17, 15) is 0 Å². The van der Waals surface area contributed by atoms with Gasteiger partial charge in [0.15, 0.2) is 5.82 Å². The third-order valence-electron chi connectivity index (χ3n) is 4.26. The predicted molar refractivity (Wildman–Crippen MR) is 98.9 cm³/mol. The van der Waals surface area contributed by atoms with Gasteiger partial charge in [-0.3, -0.25) is 4.68 Å². The average molecular weight is 348 g/mol. The standard InChI is InChI=1S/C19H20N6O/c1-3-26-16-5-7-17-15(10-16)4-6-18(23-17)19-21-8-9-25(19)14(2)11-24-13-20-12-22-24/h4-10,12-14H,3,11H2,1-2H3/t14-/m1/s1. The second-order valence-electron chi connectivity index (χ2n) is 6.11. The quantitative estimate of drug-likeness (QED) is 0.534. The topological polar surface area (TPSA) is 70.7 Å². The summed E-state index contributed by atoms with van der Waals surface area (Å²) >= 11 is 0. The number of hydrogen-bond donors (Lipinski definition) is 0. The van der Waals surface area contributed by atoms with Gasteiger partial charge >= 0.3 is 0 Å². The fraction of sp³-hybridized carbons (Fsp3) is 0.263. The molecule has 132 valence electrons. The van der Waals surface area contributed by atoms with Gasteiger partial charge in [-0.1, -0.05) is 6.07 Å². The Balaban J connectivity index is 1.65. The maximum Gasteiger partial charge on any atom is 0.158 e. The Morgan fingerprint density at radius 3 is 2.92 bits per heavy atom. The van der Waals surface area contributed by atoms with E-state index >= 15 is 0 Å². The molecule has 4 aromatic rings. The number of ether oxygens (including phenoxy) is 1. The predicted octanol–water partition coefficient (Wildman–Crippen LogP) is 3.35. The number of imidazole rings is 1. The van der Waals surface area contributed by atoms with Crippen molar-refractivity contribution in [2.75, 3.05) is 6.61 Å². The minimum absolute atomic E-state index is 0.173. The molecule has 0 bridgehead atoms. The first-order chi connectivity index (χ1) is 12.7. The van der Waals surface area contributed by atoms with E-state index in [0.717, 1.165) is 28.2 Å². The zero-order valence-corrected chi connectivity index (χ0v) is 14.8. The van der Waals surface area contributed by atoms with Crippen LogP contribution in [0.5, 0.6) is 5.75 Å². The molecule has 4 rings (SSSR count). The van der Waals surface area contributed by atoms with Gasteiger partial charge in [-0.25, -0.2) is 15.0 Å². The molecule has 0 saturated carbocycles. The molecule has 1 atom stereocenters. The van der Waals surface area contributed by atoms with E-state index in [0.29, 0.717) is 13.2 Å². The summed E-state index contributed by atoms with van der Waals surface area (Å²) in [5.41, 5.74) is 1.77. The Bertz CT molecular complexity index is 1010. The van der Waals surface area contributed by atoms with E-state index in [2.05, 4.69) is 32.6 Å². The van der Waals surface area contributed by atoms with Crippen LogP contribution in [0, 0.1) is 0 Å². The molecule has 0 aliphatic heterocycles. The second kappa shape index (κ2) is 6.95. The van der Waals surface area contributed by atoms with E-state index in [1.54, 1.807) is 18.9 Å². The molecule has 7 nitrogen and oxygen atoms in total. The minimum Gasteiger partial charge on any atom is -0.494 e. The zero-order valence-electron chi connectivity index (χ0n) is 14.8. The van der Waals surface area contributed by atoms with Crippen molar-refractivity contribution >= 4 is 10.9 Å². The number of pyridine rings is 1. The lowest BCUT2D eigenvalue weighted by molar-refractivity contribution is 0.340. The van der Waals surface area contributed by atoms with Crippen molar-refractivity contribution in [2.24, 2.45) is 0 Å². The molecule has 0 fully saturated rings. The largest absolute Gasteiger partial charge is 0.494 e. The SMILES string of the molecule is CCOc1ccc2nc(-c3nccn3[C@H](C)Cn3cncn3)ccc2c1. The lowest BCUT2D eigenvalue weighted by atomic mass is 10.2. The van der Waals surface area contributed by atoms with Crippen LogP contribution in [0.3, 0.4) is 0 Å². The number of benzene rings is 1. The van der Waals surface area contributed by atoms with E-state index in [1.165, 1.54) is 0 Å². The van der Waals surface area contributed by atoms with Crippen molar-refractivity contribution in [1.29, 1.82) is 0 Å². The summed E-state index contributed by atoms with van der Waals surface area (Å²) in [5.74, 6) is 1.70. The fourth-order valence-corrected chi connectivity index (χ4v) is 3.04. The van der Waals surface area contributed by atoms with Crippen molar-refractivity contribution in [3.05, 3.63) is 55.4 Å². The highest BCUT2D eigenvalue weighted by molar-refractivity contribution is 5.82. The third kappa shape index (κ3) is 3.15. The van der Waals surface area contributed by atoms with Gasteiger partial charge in [0.2, 0.25) is 0 Å². The highest BCUT2D eigenvalue weighted by Crippen LogP contribution is 2.25. The highest BCUT2D eigenvalue weighted by atomic mass is 16.5. The Kier molecular flexibility index (Phi) is 4.35. The van der Waals surface area contributed by atoms with Crippen LogP contribution in [0.15, 0.2) is 55.4 Å². The van der Waals surface area contributed by atoms with Gasteiger partial charge in [0.1, 0.15) is 24.1 Å². The van der Waals surface area contributed by atoms with Crippen LogP contribution < -0.4 is 4.74 Å². The van der Waals surface area contributed by atoms with Crippen molar-refractivity contribution in [3.8, 4) is 17.3 Å². The number of nitrogens with zero attached hydrogens (tertiary/aromatic N) is 6. The number of fused-ring (bicyclic) bond motifs is 1. The molecule has 26 heavy (non-hydrogen) atoms. The molecule has 7 heteroatoms. The molecule has 3 heterocycles. The molecule has 0 spiro atoms. The summed E-state index contributed by atoms with van der Waals surface area (Å²) in [7, 11) is 0. The van der Waals surface area contributed by atoms with Crippen molar-refractivity contribution in [2.45, 2.75) is 26.4 Å². The number of hydrogen-bond acceptors (Lipinski definition) is 5. The Morgan fingerprint density at radius 1 is 1.19 bits per heavy atom. The molecule has 0 aliphatic rings. The molecule has 1 aromatic carbocycles. The summed E-state index contributed by atoms with van der Waals surface area (Å²) in [5, 5.41) is 5.23. The summed E-state index contributed by atoms with van der Waals surface area (Å²) in [6, 6.07) is 10.2. The van der Waals surface area contributed by atoms with Crippen LogP contribution in [-0.4, -0.2) is 35.9 Å². The van der Waals surface area contributed by atoms with Gasteiger partial charge in [0, 0.05) is 17.8 Å². The summed E-state index contributed by atoms with van der Waals surface area (Å²) in [4.78, 5) is 13.3. The minimum atomic E-state index is 0.173. The molecule has 0 saturated heterocycles. The van der Waals surface area contributed by atoms with Gasteiger partial charge in [0.05, 0.1) is 24.7 Å². The monoisotopic (exact) mass is 348 g/mol. The maximum absolute atomic E-state index is 5.56.